The summed E-state index contributed by atoms with van der Waals surface area (Å²) in [6, 6.07) is 27.8. The van der Waals surface area contributed by atoms with Gasteiger partial charge in [-0.1, -0.05) is 66.7 Å². The SMILES string of the molecule is O=C(O)COc1cccc(OCCn2cc(C(c3ccccc3)c3ccccc3)cn2)c1. The molecule has 0 radical (unpaired) electrons. The lowest BCUT2D eigenvalue weighted by Crippen LogP contribution is -2.10. The molecule has 1 aromatic heterocycles. The first-order valence-electron chi connectivity index (χ1n) is 10.4. The Kier molecular flexibility index (Phi) is 6.82. The highest BCUT2D eigenvalue weighted by molar-refractivity contribution is 5.68. The molecule has 0 spiro atoms. The van der Waals surface area contributed by atoms with Gasteiger partial charge >= 0.3 is 5.97 Å². The van der Waals surface area contributed by atoms with Crippen molar-refractivity contribution in [1.82, 2.24) is 9.78 Å². The van der Waals surface area contributed by atoms with E-state index in [4.69, 9.17) is 14.6 Å². The second-order valence-electron chi connectivity index (χ2n) is 7.30. The van der Waals surface area contributed by atoms with Gasteiger partial charge in [-0.15, -0.1) is 0 Å². The molecule has 1 heterocycles. The molecule has 3 aromatic carbocycles. The fourth-order valence-corrected chi connectivity index (χ4v) is 3.58. The lowest BCUT2D eigenvalue weighted by Gasteiger charge is -2.16. The Morgan fingerprint density at radius 3 is 2.09 bits per heavy atom. The van der Waals surface area contributed by atoms with Crippen LogP contribution in [0.3, 0.4) is 0 Å². The van der Waals surface area contributed by atoms with Crippen LogP contribution in [0, 0.1) is 0 Å². The number of carboxylic acid groups (broad SMARTS) is 1. The normalized spacial score (nSPS) is 10.8. The molecule has 0 aliphatic carbocycles. The van der Waals surface area contributed by atoms with E-state index in [-0.39, 0.29) is 12.5 Å². The number of aliphatic carboxylic acids is 1. The van der Waals surface area contributed by atoms with E-state index >= 15 is 0 Å². The van der Waals surface area contributed by atoms with Gasteiger partial charge in [0.25, 0.3) is 0 Å². The Bertz CT molecular complexity index is 1100. The van der Waals surface area contributed by atoms with Crippen LogP contribution in [-0.4, -0.2) is 34.1 Å². The average Bonchev–Trinajstić information content (AvgIpc) is 3.28. The Morgan fingerprint density at radius 1 is 0.844 bits per heavy atom. The first kappa shape index (κ1) is 21.2. The smallest absolute Gasteiger partial charge is 0.341 e. The summed E-state index contributed by atoms with van der Waals surface area (Å²) < 4.78 is 12.9. The topological polar surface area (TPSA) is 73.6 Å². The minimum absolute atomic E-state index is 0.107. The van der Waals surface area contributed by atoms with E-state index in [1.54, 1.807) is 18.2 Å². The lowest BCUT2D eigenvalue weighted by molar-refractivity contribution is -0.139. The number of benzene rings is 3. The maximum atomic E-state index is 10.7. The van der Waals surface area contributed by atoms with Crippen molar-refractivity contribution in [2.24, 2.45) is 0 Å². The van der Waals surface area contributed by atoms with E-state index < -0.39 is 5.97 Å². The first-order valence-corrected chi connectivity index (χ1v) is 10.4. The highest BCUT2D eigenvalue weighted by atomic mass is 16.5. The third-order valence-corrected chi connectivity index (χ3v) is 5.01. The van der Waals surface area contributed by atoms with Crippen LogP contribution in [0.1, 0.15) is 22.6 Å². The molecular formula is C26H24N2O4. The van der Waals surface area contributed by atoms with E-state index in [1.165, 1.54) is 11.1 Å². The van der Waals surface area contributed by atoms with Crippen molar-refractivity contribution >= 4 is 5.97 Å². The van der Waals surface area contributed by atoms with Gasteiger partial charge in [-0.25, -0.2) is 4.79 Å². The van der Waals surface area contributed by atoms with Gasteiger partial charge in [-0.2, -0.15) is 5.10 Å². The summed E-state index contributed by atoms with van der Waals surface area (Å²) in [5, 5.41) is 13.3. The zero-order chi connectivity index (χ0) is 22.2. The van der Waals surface area contributed by atoms with Crippen LogP contribution in [0.2, 0.25) is 0 Å². The quantitative estimate of drug-likeness (QED) is 0.399. The van der Waals surface area contributed by atoms with Crippen LogP contribution in [0.15, 0.2) is 97.3 Å². The van der Waals surface area contributed by atoms with Crippen molar-refractivity contribution in [2.45, 2.75) is 12.5 Å². The summed E-state index contributed by atoms with van der Waals surface area (Å²) in [7, 11) is 0. The number of nitrogens with zero attached hydrogens (tertiary/aromatic N) is 2. The molecule has 0 aliphatic heterocycles. The third kappa shape index (κ3) is 5.55. The Labute approximate surface area is 186 Å². The van der Waals surface area contributed by atoms with Crippen molar-refractivity contribution in [3.8, 4) is 11.5 Å². The van der Waals surface area contributed by atoms with Gasteiger partial charge in [-0.05, 0) is 23.3 Å². The van der Waals surface area contributed by atoms with E-state index in [0.717, 1.165) is 5.56 Å². The molecule has 0 amide bonds. The monoisotopic (exact) mass is 428 g/mol. The third-order valence-electron chi connectivity index (χ3n) is 5.01. The second kappa shape index (κ2) is 10.3. The fraction of sp³-hybridized carbons (Fsp3) is 0.154. The summed E-state index contributed by atoms with van der Waals surface area (Å²) in [4.78, 5) is 10.7. The molecule has 0 saturated heterocycles. The average molecular weight is 428 g/mol. The number of aromatic nitrogens is 2. The van der Waals surface area contributed by atoms with Crippen LogP contribution in [0.4, 0.5) is 0 Å². The molecule has 0 fully saturated rings. The van der Waals surface area contributed by atoms with Crippen LogP contribution >= 0.6 is 0 Å². The number of rotatable bonds is 10. The Balaban J connectivity index is 1.42. The van der Waals surface area contributed by atoms with E-state index in [9.17, 15) is 4.79 Å². The Morgan fingerprint density at radius 2 is 1.47 bits per heavy atom. The molecule has 1 N–H and O–H groups in total. The molecule has 32 heavy (non-hydrogen) atoms. The summed E-state index contributed by atoms with van der Waals surface area (Å²) in [6.07, 6.45) is 3.96. The van der Waals surface area contributed by atoms with Crippen LogP contribution in [0.25, 0.3) is 0 Å². The molecule has 0 atom stereocenters. The minimum Gasteiger partial charge on any atom is -0.492 e. The van der Waals surface area contributed by atoms with Gasteiger partial charge in [-0.3, -0.25) is 4.68 Å². The zero-order valence-electron chi connectivity index (χ0n) is 17.5. The van der Waals surface area contributed by atoms with Crippen molar-refractivity contribution in [1.29, 1.82) is 0 Å². The van der Waals surface area contributed by atoms with E-state index in [1.807, 2.05) is 29.1 Å². The lowest BCUT2D eigenvalue weighted by atomic mass is 9.87. The number of ether oxygens (including phenoxy) is 2. The van der Waals surface area contributed by atoms with Gasteiger partial charge in [0, 0.05) is 23.7 Å². The predicted molar refractivity (Wildman–Crippen MR) is 121 cm³/mol. The van der Waals surface area contributed by atoms with Crippen molar-refractivity contribution in [2.75, 3.05) is 13.2 Å². The molecule has 0 unspecified atom stereocenters. The van der Waals surface area contributed by atoms with Crippen molar-refractivity contribution < 1.29 is 19.4 Å². The number of hydrogen-bond acceptors (Lipinski definition) is 4. The second-order valence-corrected chi connectivity index (χ2v) is 7.30. The molecule has 162 valence electrons. The van der Waals surface area contributed by atoms with E-state index in [0.29, 0.717) is 24.7 Å². The van der Waals surface area contributed by atoms with Gasteiger partial charge in [0.15, 0.2) is 6.61 Å². The maximum absolute atomic E-state index is 10.7. The minimum atomic E-state index is -1.02. The summed E-state index contributed by atoms with van der Waals surface area (Å²) in [5.41, 5.74) is 3.55. The number of carboxylic acids is 1. The highest BCUT2D eigenvalue weighted by Crippen LogP contribution is 2.31. The molecule has 6 heteroatoms. The molecule has 4 rings (SSSR count). The standard InChI is InChI=1S/C26H24N2O4/c29-25(30)19-32-24-13-7-12-23(16-24)31-15-14-28-18-22(17-27-28)26(20-8-3-1-4-9-20)21-10-5-2-6-11-21/h1-13,16-18,26H,14-15,19H2,(H,29,30). The zero-order valence-corrected chi connectivity index (χ0v) is 17.5. The largest absolute Gasteiger partial charge is 0.492 e. The molecule has 0 bridgehead atoms. The van der Waals surface area contributed by atoms with Crippen LogP contribution in [-0.2, 0) is 11.3 Å². The van der Waals surface area contributed by atoms with E-state index in [2.05, 4.69) is 59.8 Å². The van der Waals surface area contributed by atoms with Crippen LogP contribution < -0.4 is 9.47 Å². The van der Waals surface area contributed by atoms with Crippen molar-refractivity contribution in [3.05, 3.63) is 114 Å². The van der Waals surface area contributed by atoms with Gasteiger partial charge in [0.2, 0.25) is 0 Å². The molecule has 6 nitrogen and oxygen atoms in total. The molecule has 4 aromatic rings. The summed E-state index contributed by atoms with van der Waals surface area (Å²) >= 11 is 0. The number of hydrogen-bond donors (Lipinski definition) is 1. The van der Waals surface area contributed by atoms with Gasteiger partial charge < -0.3 is 14.6 Å². The van der Waals surface area contributed by atoms with Gasteiger partial charge in [0.1, 0.15) is 18.1 Å². The summed E-state index contributed by atoms with van der Waals surface area (Å²) in [6.45, 7) is 0.616. The fourth-order valence-electron chi connectivity index (χ4n) is 3.58. The molecule has 0 saturated carbocycles. The molecular weight excluding hydrogens is 404 g/mol. The van der Waals surface area contributed by atoms with Crippen LogP contribution in [0.5, 0.6) is 11.5 Å². The Hall–Kier alpha value is -4.06. The summed E-state index contributed by atoms with van der Waals surface area (Å²) in [5.74, 6) is 0.164. The predicted octanol–water partition coefficient (Wildman–Crippen LogP) is 4.61. The highest BCUT2D eigenvalue weighted by Gasteiger charge is 2.18. The number of carbonyl (C=O) groups is 1. The maximum Gasteiger partial charge on any atom is 0.341 e. The molecule has 0 aliphatic rings. The first-order chi connectivity index (χ1) is 15.7. The van der Waals surface area contributed by atoms with Crippen molar-refractivity contribution in [3.63, 3.8) is 0 Å². The van der Waals surface area contributed by atoms with Gasteiger partial charge in [0.05, 0.1) is 12.7 Å².